The van der Waals surface area contributed by atoms with Gasteiger partial charge in [-0.05, 0) is 160 Å². The Kier molecular flexibility index (Phi) is 32.1. The van der Waals surface area contributed by atoms with Gasteiger partial charge in [0, 0.05) is 72.1 Å². The summed E-state index contributed by atoms with van der Waals surface area (Å²) in [6, 6.07) is 38.4. The minimum absolute atomic E-state index is 0.0316. The molecule has 592 valence electrons. The van der Waals surface area contributed by atoms with Crippen LogP contribution in [0.2, 0.25) is 15.1 Å². The first kappa shape index (κ1) is 88.0. The molecule has 8 aromatic carbocycles. The monoisotopic (exact) mass is 1700 g/mol. The number of rotatable bonds is 21. The third-order valence-electron chi connectivity index (χ3n) is 16.4. The number of sulfonamides is 1. The van der Waals surface area contributed by atoms with Crippen molar-refractivity contribution in [2.75, 3.05) is 66.9 Å². The van der Waals surface area contributed by atoms with Crippen molar-refractivity contribution in [1.82, 2.24) is 34.9 Å². The smallest absolute Gasteiger partial charge is 0.295 e. The van der Waals surface area contributed by atoms with Crippen LogP contribution < -0.4 is 42.0 Å². The first-order chi connectivity index (χ1) is 55.6. The van der Waals surface area contributed by atoms with E-state index in [4.69, 9.17) is 52.4 Å². The zero-order chi connectivity index (χ0) is 83.6. The highest BCUT2D eigenvalue weighted by Crippen LogP contribution is 2.36. The van der Waals surface area contributed by atoms with E-state index in [-0.39, 0.29) is 36.2 Å². The Morgan fingerprint density at radius 2 is 0.974 bits per heavy atom. The number of phenols is 3. The van der Waals surface area contributed by atoms with Gasteiger partial charge in [0.25, 0.3) is 11.8 Å². The summed E-state index contributed by atoms with van der Waals surface area (Å²) in [6.07, 6.45) is 11.5. The second-order valence-corrected chi connectivity index (χ2v) is 33.7. The Bertz CT molecular complexity index is 6160. The van der Waals surface area contributed by atoms with E-state index in [1.807, 2.05) is 124 Å². The average molecular weight is 1700 g/mol. The number of methoxy groups -OCH3 is 1. The highest BCUT2D eigenvalue weighted by Gasteiger charge is 2.18. The Morgan fingerprint density at radius 1 is 0.552 bits per heavy atom. The fourth-order valence-electron chi connectivity index (χ4n) is 10.8. The quantitative estimate of drug-likeness (QED) is 0.0299. The van der Waals surface area contributed by atoms with Crippen LogP contribution in [-0.4, -0.2) is 106 Å². The number of terminal acetylenes is 2. The molecular formula is C87H79Cl3N12O9S5. The summed E-state index contributed by atoms with van der Waals surface area (Å²) in [5, 5.41) is 57.2. The maximum Gasteiger partial charge on any atom is 0.295 e. The highest BCUT2D eigenvalue weighted by molar-refractivity contribution is 7.91. The van der Waals surface area contributed by atoms with Gasteiger partial charge in [-0.3, -0.25) is 14.4 Å². The molecular weight excluding hydrogens is 1620 g/mol. The van der Waals surface area contributed by atoms with Gasteiger partial charge in [-0.25, -0.2) is 28.4 Å². The number of carbonyl (C=O) groups is 3. The van der Waals surface area contributed by atoms with Crippen LogP contribution in [0, 0.1) is 106 Å². The molecule has 12 aromatic rings. The van der Waals surface area contributed by atoms with Gasteiger partial charge in [0.05, 0.1) is 104 Å². The number of thiazole rings is 4. The number of hydrogen-bond donors (Lipinski definition) is 10. The number of nitrogens with zero attached hydrogens (tertiary/aromatic N) is 5. The summed E-state index contributed by atoms with van der Waals surface area (Å²) in [7, 11) is -0.427. The molecule has 0 radical (unpaired) electrons. The Morgan fingerprint density at radius 3 is 1.45 bits per heavy atom. The van der Waals surface area contributed by atoms with Crippen LogP contribution in [0.5, 0.6) is 23.0 Å². The van der Waals surface area contributed by atoms with Crippen molar-refractivity contribution in [2.45, 2.75) is 74.0 Å². The number of amides is 3. The van der Waals surface area contributed by atoms with Crippen molar-refractivity contribution < 1.29 is 42.9 Å². The van der Waals surface area contributed by atoms with Crippen molar-refractivity contribution in [3.8, 4) is 95.0 Å². The first-order valence-electron chi connectivity index (χ1n) is 35.6. The van der Waals surface area contributed by atoms with Crippen molar-refractivity contribution >= 4 is 177 Å². The van der Waals surface area contributed by atoms with Crippen LogP contribution in [0.15, 0.2) is 139 Å². The lowest BCUT2D eigenvalue weighted by Gasteiger charge is -2.16. The number of aryl methyl sites for hydroxylation is 4. The predicted molar refractivity (Wildman–Crippen MR) is 476 cm³/mol. The summed E-state index contributed by atoms with van der Waals surface area (Å²) in [6.45, 7) is 17.5. The third kappa shape index (κ3) is 25.8. The number of nitrogens with one attached hydrogen (secondary N) is 7. The second kappa shape index (κ2) is 42.4. The number of aromatic nitrogens is 4. The fraction of sp³-hybridized carbons (Fsp3) is 0.207. The van der Waals surface area contributed by atoms with Crippen molar-refractivity contribution in [2.24, 2.45) is 5.92 Å². The lowest BCUT2D eigenvalue weighted by molar-refractivity contribution is -0.117. The lowest BCUT2D eigenvalue weighted by Crippen LogP contribution is -2.24. The van der Waals surface area contributed by atoms with Crippen LogP contribution in [-0.2, 0) is 44.0 Å². The number of hydrogen-bond acceptors (Lipinski definition) is 21. The predicted octanol–water partition coefficient (Wildman–Crippen LogP) is 17.1. The molecule has 29 heteroatoms. The average Bonchev–Trinajstić information content (AvgIpc) is 1.69. The molecule has 3 amide bonds. The zero-order valence-electron chi connectivity index (χ0n) is 64.2. The van der Waals surface area contributed by atoms with Gasteiger partial charge >= 0.3 is 0 Å². The van der Waals surface area contributed by atoms with Crippen LogP contribution in [0.4, 0.5) is 28.4 Å². The maximum absolute atomic E-state index is 12.0. The minimum atomic E-state index is -3.52. The highest BCUT2D eigenvalue weighted by atomic mass is 35.5. The van der Waals surface area contributed by atoms with E-state index in [0.29, 0.717) is 110 Å². The van der Waals surface area contributed by atoms with E-state index in [2.05, 4.69) is 125 Å². The molecule has 21 nitrogen and oxygen atoms in total. The van der Waals surface area contributed by atoms with Gasteiger partial charge in [0.15, 0.2) is 0 Å². The summed E-state index contributed by atoms with van der Waals surface area (Å²) in [5.74, 6) is 29.1. The number of aromatic hydroxyl groups is 3. The molecule has 10 N–H and O–H groups in total. The van der Waals surface area contributed by atoms with E-state index in [9.17, 15) is 38.1 Å². The van der Waals surface area contributed by atoms with E-state index >= 15 is 0 Å². The van der Waals surface area contributed by atoms with Crippen LogP contribution in [0.1, 0.15) is 85.7 Å². The molecule has 4 heterocycles. The van der Waals surface area contributed by atoms with Gasteiger partial charge in [-0.2, -0.15) is 4.31 Å². The molecule has 0 atom stereocenters. The van der Waals surface area contributed by atoms with Gasteiger partial charge in [-0.15, -0.1) is 58.2 Å². The van der Waals surface area contributed by atoms with Crippen molar-refractivity contribution in [3.05, 3.63) is 213 Å². The van der Waals surface area contributed by atoms with E-state index in [1.165, 1.54) is 45.4 Å². The van der Waals surface area contributed by atoms with Gasteiger partial charge < -0.3 is 57.3 Å². The number of anilines is 5. The molecule has 12 rings (SSSR count). The van der Waals surface area contributed by atoms with Gasteiger partial charge in [-0.1, -0.05) is 139 Å². The summed E-state index contributed by atoms with van der Waals surface area (Å²) < 4.78 is 34.1. The van der Waals surface area contributed by atoms with E-state index in [1.54, 1.807) is 60.9 Å². The topological polar surface area (TPSA) is 294 Å². The maximum atomic E-state index is 12.0. The largest absolute Gasteiger partial charge is 0.506 e. The van der Waals surface area contributed by atoms with Crippen LogP contribution >= 0.6 is 80.1 Å². The molecule has 0 bridgehead atoms. The Balaban J connectivity index is 0.000000177. The fourth-order valence-corrected chi connectivity index (χ4v) is 15.7. The van der Waals surface area contributed by atoms with Gasteiger partial charge in [0.2, 0.25) is 15.9 Å². The summed E-state index contributed by atoms with van der Waals surface area (Å²) in [5.41, 5.74) is 11.8. The van der Waals surface area contributed by atoms with Crippen molar-refractivity contribution in [1.29, 1.82) is 0 Å². The van der Waals surface area contributed by atoms with Crippen molar-refractivity contribution in [3.63, 3.8) is 0 Å². The number of benzene rings is 8. The Labute approximate surface area is 704 Å². The number of carbonyl (C=O) groups excluding carboxylic acids is 3. The van der Waals surface area contributed by atoms with E-state index in [0.717, 1.165) is 95.5 Å². The van der Waals surface area contributed by atoms with Crippen LogP contribution in [0.3, 0.4) is 0 Å². The standard InChI is InChI=1S/C23H25N3O2S.C22H18ClN3O2S.C21H20ClN3O3S2.C21H16ClN3O2S/c1-15(2)9-10-22(28)26-19-8-4-7-18(14-19)24-11-5-6-17-12-20(27)23-21(13-17)29-16(3)25-23;1-4-20(27)25-13-16-8-5-9-17(21(16)23)24-10-6-7-15-11-18(28-3)22-19(12-15)29-14(2)26-22;1-4-30(27,28)25(3)13-16-8-5-9-17(20(16)22)23-10-6-7-15-11-18(26)21-19(12-15)29-14(2)24-21;1-3-20(27)24-12-15-6-7-16(22)17(9-15)23-8-4-5-14-10-18(26)21-19(11-14)28-13(2)25-21/h4,7-8,12-15,24,27H,9-11H2,1-3H3,(H,26,28);1,5,8-9,11-12,24H,10,13H2,2-3H3,(H,25,27);4-5,8-9,11-12,23,26H,1,10,13H2,2-3H3;1,6-7,9-11,23,26H,8,12H2,2H3,(H,24,27). The number of halogens is 3. The molecule has 0 aliphatic rings. The molecule has 0 spiro atoms. The minimum Gasteiger partial charge on any atom is -0.506 e. The Hall–Kier alpha value is -12.0. The molecule has 0 unspecified atom stereocenters. The SMILES string of the molecule is C#CC(=O)NCc1ccc(Cl)c(NCC#Cc2cc(O)c3nc(C)sc3c2)c1.C#CC(=O)NCc1cccc(NCC#Cc2cc(OC)c3nc(C)sc3c2)c1Cl.C=CS(=O)(=O)N(C)Cc1cccc(NCC#Cc2cc(O)c3nc(C)sc3c2)c1Cl.Cc1nc2c(O)cc(C#CCNc3cccc(NC(=O)CCC(C)C)c3)cc2s1. The molecule has 0 aliphatic carbocycles. The first-order valence-corrected chi connectivity index (χ1v) is 41.5. The lowest BCUT2D eigenvalue weighted by atomic mass is 10.1. The molecule has 4 aromatic heterocycles. The third-order valence-corrected chi connectivity index (χ3v) is 22.7. The van der Waals surface area contributed by atoms with E-state index < -0.39 is 21.8 Å². The molecule has 0 saturated heterocycles. The molecule has 0 saturated carbocycles. The van der Waals surface area contributed by atoms with Gasteiger partial charge in [0.1, 0.15) is 45.1 Å². The zero-order valence-corrected chi connectivity index (χ0v) is 70.6. The number of ether oxygens (including phenoxy) is 1. The molecule has 0 fully saturated rings. The number of phenolic OH excluding ortho intramolecular Hbond substituents is 3. The van der Waals surface area contributed by atoms with Crippen LogP contribution in [0.25, 0.3) is 40.9 Å². The molecule has 116 heavy (non-hydrogen) atoms. The summed E-state index contributed by atoms with van der Waals surface area (Å²) >= 11 is 25.2. The normalized spacial score (nSPS) is 10.5. The summed E-state index contributed by atoms with van der Waals surface area (Å²) in [4.78, 5) is 51.8. The number of fused-ring (bicyclic) bond motifs is 4. The molecule has 0 aliphatic heterocycles. The second-order valence-electron chi connectivity index (χ2n) is 25.7.